The first kappa shape index (κ1) is 19.4. The highest BCUT2D eigenvalue weighted by atomic mass is 35.5. The molecule has 0 atom stereocenters. The molecule has 7 heteroatoms. The van der Waals surface area contributed by atoms with Crippen LogP contribution in [0.4, 0.5) is 0 Å². The van der Waals surface area contributed by atoms with Crippen LogP contribution in [0.5, 0.6) is 0 Å². The molecule has 29 heavy (non-hydrogen) atoms. The van der Waals surface area contributed by atoms with Gasteiger partial charge in [-0.15, -0.1) is 11.3 Å². The Kier molecular flexibility index (Phi) is 5.47. The fourth-order valence-electron chi connectivity index (χ4n) is 3.30. The number of carboxylic acid groups (broad SMARTS) is 1. The monoisotopic (exact) mass is 424 g/mol. The summed E-state index contributed by atoms with van der Waals surface area (Å²) in [5, 5.41) is 12.0. The summed E-state index contributed by atoms with van der Waals surface area (Å²) >= 11 is 7.79. The largest absolute Gasteiger partial charge is 0.481 e. The molecular weight excluding hydrogens is 408 g/mol. The number of nitrogens with zero attached hydrogens (tertiary/aromatic N) is 2. The number of hydrogen-bond donors (Lipinski definition) is 1. The predicted molar refractivity (Wildman–Crippen MR) is 117 cm³/mol. The third-order valence-electron chi connectivity index (χ3n) is 4.67. The molecule has 2 aromatic heterocycles. The predicted octanol–water partition coefficient (Wildman–Crippen LogP) is 5.31. The van der Waals surface area contributed by atoms with E-state index < -0.39 is 5.97 Å². The van der Waals surface area contributed by atoms with Crippen LogP contribution in [0.25, 0.3) is 32.7 Å². The second-order valence-corrected chi connectivity index (χ2v) is 7.83. The highest BCUT2D eigenvalue weighted by molar-refractivity contribution is 7.17. The minimum absolute atomic E-state index is 0.0262. The number of aromatic nitrogens is 2. The zero-order chi connectivity index (χ0) is 20.4. The van der Waals surface area contributed by atoms with Crippen molar-refractivity contribution in [3.63, 3.8) is 0 Å². The van der Waals surface area contributed by atoms with Crippen molar-refractivity contribution in [2.75, 3.05) is 0 Å². The van der Waals surface area contributed by atoms with Crippen LogP contribution in [-0.2, 0) is 11.3 Å². The molecule has 1 N–H and O–H groups in total. The molecule has 0 amide bonds. The molecule has 2 aromatic carbocycles. The van der Waals surface area contributed by atoms with E-state index in [2.05, 4.69) is 0 Å². The Morgan fingerprint density at radius 2 is 1.79 bits per heavy atom. The number of hydrogen-bond acceptors (Lipinski definition) is 4. The molecule has 0 fully saturated rings. The van der Waals surface area contributed by atoms with Crippen molar-refractivity contribution in [3.8, 4) is 22.5 Å². The van der Waals surface area contributed by atoms with Gasteiger partial charge < -0.3 is 5.11 Å². The summed E-state index contributed by atoms with van der Waals surface area (Å²) in [6.45, 7) is 0.249. The third-order valence-corrected chi connectivity index (χ3v) is 5.87. The molecule has 0 aliphatic carbocycles. The van der Waals surface area contributed by atoms with E-state index in [4.69, 9.17) is 21.7 Å². The fourth-order valence-corrected chi connectivity index (χ4v) is 4.46. The van der Waals surface area contributed by atoms with E-state index >= 15 is 0 Å². The van der Waals surface area contributed by atoms with E-state index in [1.165, 1.54) is 11.3 Å². The lowest BCUT2D eigenvalue weighted by molar-refractivity contribution is -0.137. The molecule has 146 valence electrons. The first-order valence-corrected chi connectivity index (χ1v) is 10.4. The van der Waals surface area contributed by atoms with Crippen molar-refractivity contribution in [2.45, 2.75) is 19.4 Å². The lowest BCUT2D eigenvalue weighted by Gasteiger charge is -2.13. The topological polar surface area (TPSA) is 72.2 Å². The van der Waals surface area contributed by atoms with Gasteiger partial charge in [0.05, 0.1) is 10.4 Å². The average molecular weight is 425 g/mol. The summed E-state index contributed by atoms with van der Waals surface area (Å²) in [5.41, 5.74) is 2.24. The zero-order valence-corrected chi connectivity index (χ0v) is 16.9. The summed E-state index contributed by atoms with van der Waals surface area (Å²) in [6.07, 6.45) is 0.298. The van der Waals surface area contributed by atoms with Gasteiger partial charge in [0.15, 0.2) is 0 Å². The summed E-state index contributed by atoms with van der Waals surface area (Å²) in [6, 6.07) is 16.9. The smallest absolute Gasteiger partial charge is 0.303 e. The first-order chi connectivity index (χ1) is 14.1. The molecule has 4 rings (SSSR count). The maximum Gasteiger partial charge on any atom is 0.303 e. The van der Waals surface area contributed by atoms with Gasteiger partial charge in [0, 0.05) is 29.5 Å². The molecular formula is C22H17ClN2O3S. The van der Waals surface area contributed by atoms with Crippen LogP contribution in [0.3, 0.4) is 0 Å². The second-order valence-electron chi connectivity index (χ2n) is 6.56. The zero-order valence-electron chi connectivity index (χ0n) is 15.3. The lowest BCUT2D eigenvalue weighted by atomic mass is 10.1. The fraction of sp³-hybridized carbons (Fsp3) is 0.136. The van der Waals surface area contributed by atoms with Crippen molar-refractivity contribution in [1.29, 1.82) is 0 Å². The molecule has 4 aromatic rings. The molecule has 0 aliphatic rings. The number of benzene rings is 2. The first-order valence-electron chi connectivity index (χ1n) is 9.10. The average Bonchev–Trinajstić information content (AvgIpc) is 3.15. The molecule has 0 spiro atoms. The van der Waals surface area contributed by atoms with E-state index in [1.807, 2.05) is 53.9 Å². The Hall–Kier alpha value is -2.96. The Morgan fingerprint density at radius 1 is 1.07 bits per heavy atom. The van der Waals surface area contributed by atoms with Gasteiger partial charge >= 0.3 is 5.97 Å². The quantitative estimate of drug-likeness (QED) is 0.455. The molecule has 2 heterocycles. The van der Waals surface area contributed by atoms with Crippen LogP contribution < -0.4 is 5.56 Å². The van der Waals surface area contributed by atoms with Gasteiger partial charge in [-0.3, -0.25) is 14.2 Å². The van der Waals surface area contributed by atoms with E-state index in [-0.39, 0.29) is 18.5 Å². The third kappa shape index (κ3) is 3.81. The van der Waals surface area contributed by atoms with Crippen molar-refractivity contribution >= 4 is 39.1 Å². The summed E-state index contributed by atoms with van der Waals surface area (Å²) < 4.78 is 1.55. The number of rotatable bonds is 6. The second kappa shape index (κ2) is 8.19. The Labute approximate surface area is 175 Å². The number of thiophene rings is 1. The molecule has 0 saturated heterocycles. The van der Waals surface area contributed by atoms with Gasteiger partial charge in [0.2, 0.25) is 0 Å². The van der Waals surface area contributed by atoms with Gasteiger partial charge in [0.25, 0.3) is 5.56 Å². The van der Waals surface area contributed by atoms with Crippen molar-refractivity contribution in [1.82, 2.24) is 9.55 Å². The Morgan fingerprint density at radius 3 is 2.52 bits per heavy atom. The van der Waals surface area contributed by atoms with Gasteiger partial charge in [0.1, 0.15) is 10.7 Å². The molecule has 0 unspecified atom stereocenters. The van der Waals surface area contributed by atoms with Crippen LogP contribution in [0.2, 0.25) is 5.02 Å². The van der Waals surface area contributed by atoms with Crippen molar-refractivity contribution in [2.24, 2.45) is 0 Å². The number of fused-ring (bicyclic) bond motifs is 1. The minimum Gasteiger partial charge on any atom is -0.481 e. The number of carboxylic acids is 1. The molecule has 0 saturated carbocycles. The van der Waals surface area contributed by atoms with Gasteiger partial charge in [-0.05, 0) is 24.1 Å². The maximum absolute atomic E-state index is 13.5. The van der Waals surface area contributed by atoms with Gasteiger partial charge in [-0.2, -0.15) is 0 Å². The summed E-state index contributed by atoms with van der Waals surface area (Å²) in [4.78, 5) is 29.9. The van der Waals surface area contributed by atoms with Crippen molar-refractivity contribution in [3.05, 3.63) is 75.4 Å². The maximum atomic E-state index is 13.5. The van der Waals surface area contributed by atoms with E-state index in [0.29, 0.717) is 33.0 Å². The standard InChI is InChI=1S/C22H17ClN2O3S/c23-17-10-5-4-9-15(17)20-24-21-19(22(28)25(20)12-6-11-18(26)27)16(13-29-21)14-7-2-1-3-8-14/h1-5,7-10,13H,6,11-12H2,(H,26,27). The van der Waals surface area contributed by atoms with Crippen LogP contribution in [0.15, 0.2) is 64.8 Å². The van der Waals surface area contributed by atoms with Crippen molar-refractivity contribution < 1.29 is 9.90 Å². The summed E-state index contributed by atoms with van der Waals surface area (Å²) in [7, 11) is 0. The number of aliphatic carboxylic acids is 1. The molecule has 0 aliphatic heterocycles. The normalized spacial score (nSPS) is 11.1. The Balaban J connectivity index is 1.94. The Bertz CT molecular complexity index is 1250. The van der Waals surface area contributed by atoms with E-state index in [0.717, 1.165) is 11.1 Å². The lowest BCUT2D eigenvalue weighted by Crippen LogP contribution is -2.24. The minimum atomic E-state index is -0.896. The highest BCUT2D eigenvalue weighted by Gasteiger charge is 2.19. The van der Waals surface area contributed by atoms with E-state index in [9.17, 15) is 9.59 Å². The highest BCUT2D eigenvalue weighted by Crippen LogP contribution is 2.33. The molecule has 5 nitrogen and oxygen atoms in total. The number of carbonyl (C=O) groups is 1. The van der Waals surface area contributed by atoms with E-state index in [1.54, 1.807) is 10.6 Å². The number of halogens is 1. The van der Waals surface area contributed by atoms with Crippen LogP contribution in [0.1, 0.15) is 12.8 Å². The molecule has 0 radical (unpaired) electrons. The van der Waals surface area contributed by atoms with Gasteiger partial charge in [-0.1, -0.05) is 54.1 Å². The molecule has 0 bridgehead atoms. The van der Waals surface area contributed by atoms with Crippen LogP contribution >= 0.6 is 22.9 Å². The van der Waals surface area contributed by atoms with Gasteiger partial charge in [-0.25, -0.2) is 4.98 Å². The van der Waals surface area contributed by atoms with Crippen LogP contribution in [-0.4, -0.2) is 20.6 Å². The van der Waals surface area contributed by atoms with Crippen LogP contribution in [0, 0.1) is 0 Å². The summed E-state index contributed by atoms with van der Waals surface area (Å²) in [5.74, 6) is -0.438. The SMILES string of the molecule is O=C(O)CCCn1c(-c2ccccc2Cl)nc2scc(-c3ccccc3)c2c1=O.